The third-order valence-electron chi connectivity index (χ3n) is 5.60. The summed E-state index contributed by atoms with van der Waals surface area (Å²) in [6, 6.07) is 11.1. The van der Waals surface area contributed by atoms with Crippen LogP contribution in [0.1, 0.15) is 55.4 Å². The van der Waals surface area contributed by atoms with E-state index in [1.165, 1.54) is 43.1 Å². The van der Waals surface area contributed by atoms with Crippen LogP contribution in [-0.4, -0.2) is 23.4 Å². The van der Waals surface area contributed by atoms with Crippen LogP contribution in [0.15, 0.2) is 41.9 Å². The van der Waals surface area contributed by atoms with Gasteiger partial charge in [0, 0.05) is 28.8 Å². The Morgan fingerprint density at radius 3 is 2.81 bits per heavy atom. The van der Waals surface area contributed by atoms with Gasteiger partial charge in [0.25, 0.3) is 0 Å². The van der Waals surface area contributed by atoms with E-state index in [0.29, 0.717) is 17.8 Å². The van der Waals surface area contributed by atoms with Gasteiger partial charge in [0.2, 0.25) is 0 Å². The van der Waals surface area contributed by atoms with E-state index in [0.717, 1.165) is 22.6 Å². The Bertz CT molecular complexity index is 888. The molecule has 5 heteroatoms. The number of anilines is 1. The number of amidine groups is 1. The summed E-state index contributed by atoms with van der Waals surface area (Å²) in [4.78, 5) is 4.41. The maximum absolute atomic E-state index is 8.21. The van der Waals surface area contributed by atoms with E-state index in [2.05, 4.69) is 46.9 Å². The number of benzene rings is 1. The molecule has 1 aliphatic carbocycles. The van der Waals surface area contributed by atoms with Crippen molar-refractivity contribution >= 4 is 33.8 Å². The number of H-pyrrole nitrogens is 1. The zero-order valence-electron chi connectivity index (χ0n) is 15.8. The molecule has 4 nitrogen and oxygen atoms in total. The molecule has 1 fully saturated rings. The molecule has 0 spiro atoms. The number of thiophene rings is 1. The van der Waals surface area contributed by atoms with Crippen LogP contribution in [0, 0.1) is 5.41 Å². The van der Waals surface area contributed by atoms with Crippen molar-refractivity contribution in [3.05, 3.63) is 52.3 Å². The van der Waals surface area contributed by atoms with Crippen LogP contribution in [0.4, 0.5) is 5.69 Å². The fourth-order valence-electron chi connectivity index (χ4n) is 4.15. The summed E-state index contributed by atoms with van der Waals surface area (Å²) in [5.41, 5.74) is 3.57. The summed E-state index contributed by atoms with van der Waals surface area (Å²) in [6.07, 6.45) is 8.48. The quantitative estimate of drug-likeness (QED) is 0.328. The van der Waals surface area contributed by atoms with Crippen LogP contribution in [0.2, 0.25) is 0 Å². The lowest BCUT2D eigenvalue weighted by molar-refractivity contribution is 0.344. The largest absolute Gasteiger partial charge is 0.361 e. The van der Waals surface area contributed by atoms with Crippen LogP contribution < -0.4 is 10.6 Å². The zero-order valence-corrected chi connectivity index (χ0v) is 16.7. The highest BCUT2D eigenvalue weighted by Crippen LogP contribution is 2.37. The smallest absolute Gasteiger partial charge is 0.140 e. The zero-order chi connectivity index (χ0) is 18.6. The SMILES string of the molecule is CCCN[C@H]1CC[C@H](c2c[nH]c3cc(NC(=N)c4cccs4)ccc32)CC1. The van der Waals surface area contributed by atoms with E-state index in [-0.39, 0.29) is 0 Å². The molecule has 2 heterocycles. The lowest BCUT2D eigenvalue weighted by Crippen LogP contribution is -2.33. The fraction of sp³-hybridized carbons (Fsp3) is 0.409. The van der Waals surface area contributed by atoms with Gasteiger partial charge in [0.05, 0.1) is 4.88 Å². The van der Waals surface area contributed by atoms with Gasteiger partial charge in [-0.25, -0.2) is 0 Å². The first-order valence-corrected chi connectivity index (χ1v) is 10.9. The molecule has 4 rings (SSSR count). The van der Waals surface area contributed by atoms with Crippen molar-refractivity contribution in [2.24, 2.45) is 0 Å². The fourth-order valence-corrected chi connectivity index (χ4v) is 4.78. The number of nitrogens with one attached hydrogen (secondary N) is 4. The molecule has 1 saturated carbocycles. The van der Waals surface area contributed by atoms with E-state index in [4.69, 9.17) is 5.41 Å². The van der Waals surface area contributed by atoms with Gasteiger partial charge in [0.1, 0.15) is 5.84 Å². The minimum atomic E-state index is 0.453. The summed E-state index contributed by atoms with van der Waals surface area (Å²) in [5.74, 6) is 1.11. The second-order valence-electron chi connectivity index (χ2n) is 7.48. The van der Waals surface area contributed by atoms with E-state index in [9.17, 15) is 0 Å². The van der Waals surface area contributed by atoms with Crippen LogP contribution >= 0.6 is 11.3 Å². The molecule has 1 aliphatic rings. The van der Waals surface area contributed by atoms with E-state index >= 15 is 0 Å². The summed E-state index contributed by atoms with van der Waals surface area (Å²) in [7, 11) is 0. The topological polar surface area (TPSA) is 63.7 Å². The molecule has 0 saturated heterocycles. The van der Waals surface area contributed by atoms with Crippen molar-refractivity contribution in [1.29, 1.82) is 5.41 Å². The van der Waals surface area contributed by atoms with Gasteiger partial charge in [-0.2, -0.15) is 0 Å². The predicted octanol–water partition coefficient (Wildman–Crippen LogP) is 5.69. The number of aromatic amines is 1. The highest BCUT2D eigenvalue weighted by molar-refractivity contribution is 7.12. The van der Waals surface area contributed by atoms with Crippen LogP contribution in [0.3, 0.4) is 0 Å². The molecule has 0 amide bonds. The average Bonchev–Trinajstić information content (AvgIpc) is 3.36. The number of aromatic nitrogens is 1. The van der Waals surface area contributed by atoms with Crippen molar-refractivity contribution in [2.75, 3.05) is 11.9 Å². The lowest BCUT2D eigenvalue weighted by Gasteiger charge is -2.29. The Balaban J connectivity index is 1.44. The molecule has 0 bridgehead atoms. The van der Waals surface area contributed by atoms with Gasteiger partial charge in [-0.05, 0) is 73.7 Å². The van der Waals surface area contributed by atoms with Gasteiger partial charge in [-0.1, -0.05) is 19.1 Å². The van der Waals surface area contributed by atoms with Crippen LogP contribution in [0.25, 0.3) is 10.9 Å². The Morgan fingerprint density at radius 2 is 2.07 bits per heavy atom. The minimum absolute atomic E-state index is 0.453. The Kier molecular flexibility index (Phi) is 5.60. The first kappa shape index (κ1) is 18.3. The highest BCUT2D eigenvalue weighted by atomic mass is 32.1. The molecule has 4 N–H and O–H groups in total. The minimum Gasteiger partial charge on any atom is -0.361 e. The molecule has 3 aromatic rings. The summed E-state index contributed by atoms with van der Waals surface area (Å²) in [6.45, 7) is 3.37. The van der Waals surface area contributed by atoms with Crippen molar-refractivity contribution < 1.29 is 0 Å². The Morgan fingerprint density at radius 1 is 1.22 bits per heavy atom. The van der Waals surface area contributed by atoms with Crippen molar-refractivity contribution in [3.8, 4) is 0 Å². The lowest BCUT2D eigenvalue weighted by atomic mass is 9.81. The first-order valence-electron chi connectivity index (χ1n) is 9.98. The van der Waals surface area contributed by atoms with Gasteiger partial charge >= 0.3 is 0 Å². The van der Waals surface area contributed by atoms with Gasteiger partial charge < -0.3 is 15.6 Å². The maximum Gasteiger partial charge on any atom is 0.140 e. The highest BCUT2D eigenvalue weighted by Gasteiger charge is 2.23. The number of hydrogen-bond acceptors (Lipinski definition) is 3. The Labute approximate surface area is 164 Å². The maximum atomic E-state index is 8.21. The van der Waals surface area contributed by atoms with Crippen LogP contribution in [-0.2, 0) is 0 Å². The second kappa shape index (κ2) is 8.28. The van der Waals surface area contributed by atoms with Gasteiger partial charge in [-0.3, -0.25) is 5.41 Å². The molecule has 0 atom stereocenters. The van der Waals surface area contributed by atoms with E-state index < -0.39 is 0 Å². The molecule has 1 aromatic carbocycles. The molecule has 2 aromatic heterocycles. The number of rotatable bonds is 6. The third-order valence-corrected chi connectivity index (χ3v) is 6.49. The van der Waals surface area contributed by atoms with Crippen molar-refractivity contribution in [2.45, 2.75) is 51.0 Å². The van der Waals surface area contributed by atoms with Gasteiger partial charge in [-0.15, -0.1) is 11.3 Å². The Hall–Kier alpha value is -2.11. The molecule has 142 valence electrons. The van der Waals surface area contributed by atoms with E-state index in [1.807, 2.05) is 17.5 Å². The monoisotopic (exact) mass is 380 g/mol. The standard InChI is InChI=1S/C22H28N4S/c1-2-11-24-16-7-5-15(6-8-16)19-14-25-20-13-17(9-10-18(19)20)26-22(23)21-4-3-12-27-21/h3-4,9-10,12-16,24-25H,2,5-8,11H2,1H3,(H2,23,26)/t15-,16-. The predicted molar refractivity (Wildman–Crippen MR) is 116 cm³/mol. The first-order chi connectivity index (χ1) is 13.2. The van der Waals surface area contributed by atoms with Gasteiger partial charge in [0.15, 0.2) is 0 Å². The normalized spacial score (nSPS) is 20.0. The molecule has 0 radical (unpaired) electrons. The van der Waals surface area contributed by atoms with E-state index in [1.54, 1.807) is 11.3 Å². The third kappa shape index (κ3) is 4.09. The van der Waals surface area contributed by atoms with Crippen molar-refractivity contribution in [1.82, 2.24) is 10.3 Å². The summed E-state index contributed by atoms with van der Waals surface area (Å²) in [5, 5.41) is 18.4. The number of fused-ring (bicyclic) bond motifs is 1. The average molecular weight is 381 g/mol. The summed E-state index contributed by atoms with van der Waals surface area (Å²) >= 11 is 1.58. The molecular formula is C22H28N4S. The van der Waals surface area contributed by atoms with Crippen molar-refractivity contribution in [3.63, 3.8) is 0 Å². The molecule has 0 unspecified atom stereocenters. The number of hydrogen-bond donors (Lipinski definition) is 4. The molecule has 0 aliphatic heterocycles. The summed E-state index contributed by atoms with van der Waals surface area (Å²) < 4.78 is 0. The molecule has 27 heavy (non-hydrogen) atoms. The second-order valence-corrected chi connectivity index (χ2v) is 8.43. The van der Waals surface area contributed by atoms with Crippen LogP contribution in [0.5, 0.6) is 0 Å². The molecular weight excluding hydrogens is 352 g/mol.